The van der Waals surface area contributed by atoms with Crippen LogP contribution in [0.4, 0.5) is 5.69 Å². The molecule has 1 amide bonds. The Labute approximate surface area is 197 Å². The van der Waals surface area contributed by atoms with Crippen LogP contribution in [-0.2, 0) is 17.6 Å². The first-order chi connectivity index (χ1) is 15.5. The Hall–Kier alpha value is -3.36. The molecule has 0 spiro atoms. The lowest BCUT2D eigenvalue weighted by molar-refractivity contribution is -0.112. The highest BCUT2D eigenvalue weighted by atomic mass is 79.9. The summed E-state index contributed by atoms with van der Waals surface area (Å²) in [7, 11) is 0. The van der Waals surface area contributed by atoms with Crippen molar-refractivity contribution in [3.8, 4) is 11.8 Å². The number of para-hydroxylation sites is 1. The van der Waals surface area contributed by atoms with Crippen LogP contribution in [0.3, 0.4) is 0 Å². The van der Waals surface area contributed by atoms with Gasteiger partial charge in [0.15, 0.2) is 0 Å². The smallest absolute Gasteiger partial charge is 0.266 e. The molecule has 32 heavy (non-hydrogen) atoms. The number of amides is 1. The predicted octanol–water partition coefficient (Wildman–Crippen LogP) is 6.55. The summed E-state index contributed by atoms with van der Waals surface area (Å²) in [5.41, 5.74) is 4.71. The van der Waals surface area contributed by atoms with E-state index in [-0.39, 0.29) is 5.57 Å². The Morgan fingerprint density at radius 2 is 1.75 bits per heavy atom. The first kappa shape index (κ1) is 23.3. The van der Waals surface area contributed by atoms with E-state index in [1.807, 2.05) is 80.6 Å². The molecule has 0 aliphatic rings. The van der Waals surface area contributed by atoms with Crippen LogP contribution >= 0.6 is 15.9 Å². The SMILES string of the molecule is CCOc1cc(/C=C(\C#N)C(=O)Nc2ccccc2CC)ccc1Cc1ccccc1Br. The summed E-state index contributed by atoms with van der Waals surface area (Å²) in [6, 6.07) is 23.5. The van der Waals surface area contributed by atoms with Crippen LogP contribution in [0.5, 0.6) is 5.75 Å². The van der Waals surface area contributed by atoms with Gasteiger partial charge in [-0.1, -0.05) is 71.4 Å². The standard InChI is InChI=1S/C27H25BrN2O2/c1-3-20-9-6-8-12-25(20)30-27(31)23(18-29)15-19-13-14-22(26(16-19)32-4-2)17-21-10-5-7-11-24(21)28/h5-16H,3-4,17H2,1-2H3,(H,30,31)/b23-15+. The molecule has 0 aromatic heterocycles. The Balaban J connectivity index is 1.87. The van der Waals surface area contributed by atoms with Crippen molar-refractivity contribution < 1.29 is 9.53 Å². The maximum Gasteiger partial charge on any atom is 0.266 e. The van der Waals surface area contributed by atoms with Gasteiger partial charge in [0.2, 0.25) is 0 Å². The fraction of sp³-hybridized carbons (Fsp3) is 0.185. The van der Waals surface area contributed by atoms with Crippen molar-refractivity contribution in [2.45, 2.75) is 26.7 Å². The van der Waals surface area contributed by atoms with Gasteiger partial charge < -0.3 is 10.1 Å². The van der Waals surface area contributed by atoms with Crippen LogP contribution in [-0.4, -0.2) is 12.5 Å². The molecule has 0 radical (unpaired) electrons. The van der Waals surface area contributed by atoms with Gasteiger partial charge in [-0.25, -0.2) is 0 Å². The number of hydrogen-bond donors (Lipinski definition) is 1. The van der Waals surface area contributed by atoms with Crippen molar-refractivity contribution in [3.05, 3.63) is 99.0 Å². The van der Waals surface area contributed by atoms with E-state index in [1.165, 1.54) is 0 Å². The summed E-state index contributed by atoms with van der Waals surface area (Å²) in [5, 5.41) is 12.5. The molecule has 3 aromatic rings. The number of carbonyl (C=O) groups excluding carboxylic acids is 1. The van der Waals surface area contributed by atoms with Gasteiger partial charge in [0.25, 0.3) is 5.91 Å². The molecule has 0 aliphatic heterocycles. The van der Waals surface area contributed by atoms with Gasteiger partial charge in [0, 0.05) is 16.6 Å². The topological polar surface area (TPSA) is 62.1 Å². The predicted molar refractivity (Wildman–Crippen MR) is 133 cm³/mol. The number of halogens is 1. The minimum Gasteiger partial charge on any atom is -0.494 e. The van der Waals surface area contributed by atoms with Crippen molar-refractivity contribution in [2.75, 3.05) is 11.9 Å². The fourth-order valence-electron chi connectivity index (χ4n) is 3.40. The molecular formula is C27H25BrN2O2. The summed E-state index contributed by atoms with van der Waals surface area (Å²) < 4.78 is 6.91. The average Bonchev–Trinajstić information content (AvgIpc) is 2.80. The number of anilines is 1. The Morgan fingerprint density at radius 1 is 1.03 bits per heavy atom. The first-order valence-electron chi connectivity index (χ1n) is 10.6. The number of nitrogens with one attached hydrogen (secondary N) is 1. The van der Waals surface area contributed by atoms with Crippen LogP contribution < -0.4 is 10.1 Å². The highest BCUT2D eigenvalue weighted by Gasteiger charge is 2.13. The van der Waals surface area contributed by atoms with Crippen molar-refractivity contribution in [3.63, 3.8) is 0 Å². The molecule has 0 atom stereocenters. The molecule has 0 bridgehead atoms. The van der Waals surface area contributed by atoms with Gasteiger partial charge in [-0.15, -0.1) is 0 Å². The van der Waals surface area contributed by atoms with Crippen molar-refractivity contribution >= 4 is 33.6 Å². The highest BCUT2D eigenvalue weighted by Crippen LogP contribution is 2.28. The van der Waals surface area contributed by atoms with E-state index in [0.717, 1.165) is 44.6 Å². The third-order valence-electron chi connectivity index (χ3n) is 5.05. The lowest BCUT2D eigenvalue weighted by Gasteiger charge is -2.13. The second-order valence-electron chi connectivity index (χ2n) is 7.20. The number of aryl methyl sites for hydroxylation is 1. The van der Waals surface area contributed by atoms with Crippen molar-refractivity contribution in [1.29, 1.82) is 5.26 Å². The summed E-state index contributed by atoms with van der Waals surface area (Å²) in [4.78, 5) is 12.7. The molecule has 4 nitrogen and oxygen atoms in total. The van der Waals surface area contributed by atoms with Gasteiger partial charge in [-0.05, 0) is 59.9 Å². The second-order valence-corrected chi connectivity index (χ2v) is 8.06. The van der Waals surface area contributed by atoms with E-state index < -0.39 is 5.91 Å². The highest BCUT2D eigenvalue weighted by molar-refractivity contribution is 9.10. The first-order valence-corrected chi connectivity index (χ1v) is 11.3. The molecule has 0 saturated heterocycles. The third kappa shape index (κ3) is 5.87. The molecule has 0 saturated carbocycles. The fourth-order valence-corrected chi connectivity index (χ4v) is 3.82. The second kappa shape index (κ2) is 11.3. The lowest BCUT2D eigenvalue weighted by Crippen LogP contribution is -2.14. The van der Waals surface area contributed by atoms with Crippen LogP contribution in [0.1, 0.15) is 36.1 Å². The molecule has 3 rings (SSSR count). The Kier molecular flexibility index (Phi) is 8.24. The van der Waals surface area contributed by atoms with Gasteiger partial charge in [0.1, 0.15) is 17.4 Å². The summed E-state index contributed by atoms with van der Waals surface area (Å²) in [6.45, 7) is 4.48. The summed E-state index contributed by atoms with van der Waals surface area (Å²) in [6.07, 6.45) is 3.09. The maximum absolute atomic E-state index is 12.7. The molecular weight excluding hydrogens is 464 g/mol. The zero-order valence-corrected chi connectivity index (χ0v) is 19.8. The van der Waals surface area contributed by atoms with E-state index in [1.54, 1.807) is 6.08 Å². The van der Waals surface area contributed by atoms with Gasteiger partial charge in [0.05, 0.1) is 6.61 Å². The lowest BCUT2D eigenvalue weighted by atomic mass is 10.0. The molecule has 0 heterocycles. The molecule has 0 unspecified atom stereocenters. The average molecular weight is 489 g/mol. The van der Waals surface area contributed by atoms with E-state index in [9.17, 15) is 10.1 Å². The van der Waals surface area contributed by atoms with Gasteiger partial charge in [-0.3, -0.25) is 4.79 Å². The normalized spacial score (nSPS) is 11.0. The molecule has 1 N–H and O–H groups in total. The minimum atomic E-state index is -0.427. The van der Waals surface area contributed by atoms with E-state index >= 15 is 0 Å². The zero-order chi connectivity index (χ0) is 22.9. The molecule has 5 heteroatoms. The van der Waals surface area contributed by atoms with Crippen LogP contribution in [0, 0.1) is 11.3 Å². The minimum absolute atomic E-state index is 0.0388. The Morgan fingerprint density at radius 3 is 2.44 bits per heavy atom. The number of hydrogen-bond acceptors (Lipinski definition) is 3. The third-order valence-corrected chi connectivity index (χ3v) is 5.83. The molecule has 162 valence electrons. The zero-order valence-electron chi connectivity index (χ0n) is 18.2. The number of rotatable bonds is 8. The van der Waals surface area contributed by atoms with Crippen molar-refractivity contribution in [1.82, 2.24) is 0 Å². The van der Waals surface area contributed by atoms with Crippen molar-refractivity contribution in [2.24, 2.45) is 0 Å². The number of nitriles is 1. The number of ether oxygens (including phenoxy) is 1. The number of carbonyl (C=O) groups is 1. The molecule has 0 aliphatic carbocycles. The summed E-state index contributed by atoms with van der Waals surface area (Å²) in [5.74, 6) is 0.315. The van der Waals surface area contributed by atoms with E-state index in [0.29, 0.717) is 13.0 Å². The molecule has 0 fully saturated rings. The Bertz CT molecular complexity index is 1180. The number of benzene rings is 3. The van der Waals surface area contributed by atoms with E-state index in [2.05, 4.69) is 27.3 Å². The maximum atomic E-state index is 12.7. The van der Waals surface area contributed by atoms with E-state index in [4.69, 9.17) is 4.74 Å². The van der Waals surface area contributed by atoms with Crippen LogP contribution in [0.25, 0.3) is 6.08 Å². The number of nitrogens with zero attached hydrogens (tertiary/aromatic N) is 1. The molecule has 3 aromatic carbocycles. The largest absolute Gasteiger partial charge is 0.494 e. The van der Waals surface area contributed by atoms with Crippen LogP contribution in [0.15, 0.2) is 76.8 Å². The van der Waals surface area contributed by atoms with Gasteiger partial charge >= 0.3 is 0 Å². The monoisotopic (exact) mass is 488 g/mol. The van der Waals surface area contributed by atoms with Gasteiger partial charge in [-0.2, -0.15) is 5.26 Å². The van der Waals surface area contributed by atoms with Crippen LogP contribution in [0.2, 0.25) is 0 Å². The quantitative estimate of drug-likeness (QED) is 0.289. The summed E-state index contributed by atoms with van der Waals surface area (Å²) >= 11 is 3.60.